The second kappa shape index (κ2) is 5.04. The molecule has 0 bridgehead atoms. The van der Waals surface area contributed by atoms with Crippen LogP contribution in [0, 0.1) is 0 Å². The molecule has 0 saturated heterocycles. The van der Waals surface area contributed by atoms with E-state index in [2.05, 4.69) is 21.2 Å². The van der Waals surface area contributed by atoms with Crippen LogP contribution in [-0.4, -0.2) is 18.7 Å². The first-order valence-electron chi connectivity index (χ1n) is 4.04. The van der Waals surface area contributed by atoms with E-state index in [0.29, 0.717) is 0 Å². The summed E-state index contributed by atoms with van der Waals surface area (Å²) in [6.45, 7) is 0.798. The molecular weight excluding hydrogens is 230 g/mol. The molecule has 1 aromatic rings. The maximum Gasteiger partial charge on any atom is 0.136 e. The fourth-order valence-corrected chi connectivity index (χ4v) is 1.35. The number of aromatic hydroxyl groups is 1. The SMILES string of the molecule is CNCC=Cc1cccc(Br)c1O. The Morgan fingerprint density at radius 3 is 3.00 bits per heavy atom. The van der Waals surface area contributed by atoms with Crippen molar-refractivity contribution in [3.8, 4) is 5.75 Å². The molecule has 0 aromatic heterocycles. The van der Waals surface area contributed by atoms with Crippen LogP contribution < -0.4 is 5.32 Å². The molecule has 2 N–H and O–H groups in total. The topological polar surface area (TPSA) is 32.3 Å². The number of benzene rings is 1. The van der Waals surface area contributed by atoms with Crippen LogP contribution >= 0.6 is 15.9 Å². The van der Waals surface area contributed by atoms with Gasteiger partial charge in [0.25, 0.3) is 0 Å². The Balaban J connectivity index is 2.83. The van der Waals surface area contributed by atoms with Crippen molar-refractivity contribution in [2.24, 2.45) is 0 Å². The van der Waals surface area contributed by atoms with Crippen molar-refractivity contribution < 1.29 is 5.11 Å². The van der Waals surface area contributed by atoms with Gasteiger partial charge in [-0.2, -0.15) is 0 Å². The number of hydrogen-bond acceptors (Lipinski definition) is 2. The molecule has 13 heavy (non-hydrogen) atoms. The van der Waals surface area contributed by atoms with Gasteiger partial charge in [0.1, 0.15) is 5.75 Å². The summed E-state index contributed by atoms with van der Waals surface area (Å²) in [6.07, 6.45) is 3.85. The zero-order chi connectivity index (χ0) is 9.68. The summed E-state index contributed by atoms with van der Waals surface area (Å²) in [7, 11) is 1.88. The largest absolute Gasteiger partial charge is 0.506 e. The van der Waals surface area contributed by atoms with Gasteiger partial charge in [-0.15, -0.1) is 0 Å². The zero-order valence-electron chi connectivity index (χ0n) is 7.42. The number of para-hydroxylation sites is 1. The quantitative estimate of drug-likeness (QED) is 0.852. The molecule has 1 aromatic carbocycles. The average Bonchev–Trinajstić information content (AvgIpc) is 2.13. The summed E-state index contributed by atoms with van der Waals surface area (Å²) in [5, 5.41) is 12.6. The lowest BCUT2D eigenvalue weighted by Crippen LogP contribution is -2.03. The molecule has 3 heteroatoms. The molecule has 2 nitrogen and oxygen atoms in total. The van der Waals surface area contributed by atoms with Crippen LogP contribution in [-0.2, 0) is 0 Å². The van der Waals surface area contributed by atoms with E-state index >= 15 is 0 Å². The lowest BCUT2D eigenvalue weighted by molar-refractivity contribution is 0.470. The lowest BCUT2D eigenvalue weighted by atomic mass is 10.2. The van der Waals surface area contributed by atoms with Crippen LogP contribution in [0.25, 0.3) is 6.08 Å². The van der Waals surface area contributed by atoms with Crippen LogP contribution in [0.4, 0.5) is 0 Å². The molecule has 0 heterocycles. The molecular formula is C10H12BrNO. The molecule has 0 fully saturated rings. The molecule has 0 spiro atoms. The summed E-state index contributed by atoms with van der Waals surface area (Å²) in [6, 6.07) is 5.57. The number of phenols is 1. The molecule has 0 radical (unpaired) electrons. The molecule has 0 aliphatic heterocycles. The number of hydrogen-bond donors (Lipinski definition) is 2. The molecule has 70 valence electrons. The standard InChI is InChI=1S/C10H12BrNO/c1-12-7-3-5-8-4-2-6-9(11)10(8)13/h2-6,12-13H,7H2,1H3. The predicted molar refractivity (Wildman–Crippen MR) is 58.8 cm³/mol. The van der Waals surface area contributed by atoms with Crippen LogP contribution in [0.3, 0.4) is 0 Å². The monoisotopic (exact) mass is 241 g/mol. The molecule has 1 rings (SSSR count). The number of rotatable bonds is 3. The van der Waals surface area contributed by atoms with Gasteiger partial charge in [-0.1, -0.05) is 24.3 Å². The van der Waals surface area contributed by atoms with Crippen LogP contribution in [0.1, 0.15) is 5.56 Å². The summed E-state index contributed by atoms with van der Waals surface area (Å²) in [4.78, 5) is 0. The zero-order valence-corrected chi connectivity index (χ0v) is 9.01. The first-order valence-corrected chi connectivity index (χ1v) is 4.83. The molecule has 0 atom stereocenters. The third-order valence-electron chi connectivity index (χ3n) is 1.64. The lowest BCUT2D eigenvalue weighted by Gasteiger charge is -2.00. The highest BCUT2D eigenvalue weighted by Gasteiger charge is 1.99. The number of likely N-dealkylation sites (N-methyl/N-ethyl adjacent to an activating group) is 1. The fraction of sp³-hybridized carbons (Fsp3) is 0.200. The Hall–Kier alpha value is -0.800. The maximum absolute atomic E-state index is 9.58. The Kier molecular flexibility index (Phi) is 3.99. The Morgan fingerprint density at radius 2 is 2.31 bits per heavy atom. The Bertz CT molecular complexity index is 310. The minimum atomic E-state index is 0.287. The fourth-order valence-electron chi connectivity index (χ4n) is 0.970. The maximum atomic E-state index is 9.58. The molecule has 0 aliphatic rings. The van der Waals surface area contributed by atoms with E-state index in [4.69, 9.17) is 0 Å². The minimum Gasteiger partial charge on any atom is -0.506 e. The summed E-state index contributed by atoms with van der Waals surface area (Å²) in [5.74, 6) is 0.287. The average molecular weight is 242 g/mol. The summed E-state index contributed by atoms with van der Waals surface area (Å²) in [5.41, 5.74) is 0.824. The van der Waals surface area contributed by atoms with Crippen LogP contribution in [0.5, 0.6) is 5.75 Å². The van der Waals surface area contributed by atoms with E-state index in [9.17, 15) is 5.11 Å². The van der Waals surface area contributed by atoms with E-state index < -0.39 is 0 Å². The highest BCUT2D eigenvalue weighted by atomic mass is 79.9. The van der Waals surface area contributed by atoms with Gasteiger partial charge in [-0.3, -0.25) is 0 Å². The summed E-state index contributed by atoms with van der Waals surface area (Å²) < 4.78 is 0.721. The van der Waals surface area contributed by atoms with Crippen molar-refractivity contribution in [1.82, 2.24) is 5.32 Å². The number of nitrogens with one attached hydrogen (secondary N) is 1. The molecule has 0 amide bonds. The van der Waals surface area contributed by atoms with Crippen molar-refractivity contribution in [1.29, 1.82) is 0 Å². The van der Waals surface area contributed by atoms with E-state index in [1.165, 1.54) is 0 Å². The first-order chi connectivity index (χ1) is 6.25. The third-order valence-corrected chi connectivity index (χ3v) is 2.28. The van der Waals surface area contributed by atoms with Crippen LogP contribution in [0.2, 0.25) is 0 Å². The second-order valence-corrected chi connectivity index (χ2v) is 3.49. The van der Waals surface area contributed by atoms with Gasteiger partial charge in [0, 0.05) is 12.1 Å². The smallest absolute Gasteiger partial charge is 0.136 e. The molecule has 0 saturated carbocycles. The normalized spacial score (nSPS) is 10.9. The van der Waals surface area contributed by atoms with Crippen molar-refractivity contribution in [3.63, 3.8) is 0 Å². The van der Waals surface area contributed by atoms with E-state index in [0.717, 1.165) is 16.6 Å². The first kappa shape index (κ1) is 10.3. The van der Waals surface area contributed by atoms with Gasteiger partial charge >= 0.3 is 0 Å². The van der Waals surface area contributed by atoms with Crippen molar-refractivity contribution in [2.75, 3.05) is 13.6 Å². The van der Waals surface area contributed by atoms with E-state index in [1.807, 2.05) is 37.4 Å². The van der Waals surface area contributed by atoms with Gasteiger partial charge in [0.2, 0.25) is 0 Å². The van der Waals surface area contributed by atoms with Crippen molar-refractivity contribution >= 4 is 22.0 Å². The third kappa shape index (κ3) is 2.86. The van der Waals surface area contributed by atoms with Crippen molar-refractivity contribution in [2.45, 2.75) is 0 Å². The number of phenolic OH excluding ortho intramolecular Hbond substituents is 1. The minimum absolute atomic E-state index is 0.287. The van der Waals surface area contributed by atoms with Crippen molar-refractivity contribution in [3.05, 3.63) is 34.3 Å². The molecule has 0 aliphatic carbocycles. The van der Waals surface area contributed by atoms with E-state index in [1.54, 1.807) is 0 Å². The highest BCUT2D eigenvalue weighted by molar-refractivity contribution is 9.10. The highest BCUT2D eigenvalue weighted by Crippen LogP contribution is 2.27. The second-order valence-electron chi connectivity index (χ2n) is 2.64. The van der Waals surface area contributed by atoms with E-state index in [-0.39, 0.29) is 5.75 Å². The van der Waals surface area contributed by atoms with Gasteiger partial charge in [-0.05, 0) is 29.0 Å². The van der Waals surface area contributed by atoms with Gasteiger partial charge in [-0.25, -0.2) is 0 Å². The van der Waals surface area contributed by atoms with Crippen LogP contribution in [0.15, 0.2) is 28.7 Å². The van der Waals surface area contributed by atoms with Gasteiger partial charge in [0.05, 0.1) is 4.47 Å². The summed E-state index contributed by atoms with van der Waals surface area (Å²) >= 11 is 3.26. The predicted octanol–water partition coefficient (Wildman–Crippen LogP) is 2.39. The number of halogens is 1. The van der Waals surface area contributed by atoms with Gasteiger partial charge < -0.3 is 10.4 Å². The molecule has 0 unspecified atom stereocenters. The Morgan fingerprint density at radius 1 is 1.54 bits per heavy atom. The Labute approximate surface area is 86.4 Å². The van der Waals surface area contributed by atoms with Gasteiger partial charge in [0.15, 0.2) is 0 Å².